The molecular weight excluding hydrogens is 174 g/mol. The third-order valence-electron chi connectivity index (χ3n) is 2.50. The van der Waals surface area contributed by atoms with Gasteiger partial charge in [-0.05, 0) is 33.3 Å². The Morgan fingerprint density at radius 1 is 1.21 bits per heavy atom. The van der Waals surface area contributed by atoms with E-state index in [1.54, 1.807) is 7.05 Å². The first-order valence-electron chi connectivity index (χ1n) is 4.94. The Hall–Kier alpha value is -1.05. The lowest BCUT2D eigenvalue weighted by atomic mass is 10.00. The maximum Gasteiger partial charge on any atom is 0.226 e. The molecule has 0 spiro atoms. The van der Waals surface area contributed by atoms with Gasteiger partial charge in [0.25, 0.3) is 0 Å². The number of hydrogen-bond acceptors (Lipinski definition) is 1. The van der Waals surface area contributed by atoms with Gasteiger partial charge in [0.1, 0.15) is 0 Å². The molecule has 1 atom stereocenters. The van der Waals surface area contributed by atoms with Gasteiger partial charge in [-0.1, -0.05) is 24.1 Å². The van der Waals surface area contributed by atoms with E-state index in [9.17, 15) is 4.79 Å². The molecule has 2 heteroatoms. The second kappa shape index (κ2) is 5.63. The third kappa shape index (κ3) is 3.77. The first-order chi connectivity index (χ1) is 6.40. The number of hydrogen-bond donors (Lipinski definition) is 1. The number of carbonyl (C=O) groups is 1. The second-order valence-corrected chi connectivity index (χ2v) is 3.88. The molecular formula is C12H21NO. The Labute approximate surface area is 87.1 Å². The topological polar surface area (TPSA) is 29.1 Å². The van der Waals surface area contributed by atoms with E-state index in [1.807, 2.05) is 19.9 Å². The SMILES string of the molecule is CNC(=O)[C@@H](C)/C=C(\C)C(C)=C(C)C. The fourth-order valence-electron chi connectivity index (χ4n) is 1.20. The molecule has 0 aromatic rings. The molecule has 1 N–H and O–H groups in total. The van der Waals surface area contributed by atoms with E-state index >= 15 is 0 Å². The van der Waals surface area contributed by atoms with Crippen LogP contribution in [0.4, 0.5) is 0 Å². The second-order valence-electron chi connectivity index (χ2n) is 3.88. The van der Waals surface area contributed by atoms with Crippen LogP contribution in [0.3, 0.4) is 0 Å². The van der Waals surface area contributed by atoms with Crippen molar-refractivity contribution in [1.82, 2.24) is 5.32 Å². The lowest BCUT2D eigenvalue weighted by molar-refractivity contribution is -0.122. The van der Waals surface area contributed by atoms with Gasteiger partial charge in [0.15, 0.2) is 0 Å². The van der Waals surface area contributed by atoms with Gasteiger partial charge in [-0.3, -0.25) is 4.79 Å². The summed E-state index contributed by atoms with van der Waals surface area (Å²) in [5.41, 5.74) is 3.74. The van der Waals surface area contributed by atoms with Crippen LogP contribution in [0.15, 0.2) is 22.8 Å². The molecule has 0 saturated carbocycles. The highest BCUT2D eigenvalue weighted by Crippen LogP contribution is 2.15. The molecule has 80 valence electrons. The predicted octanol–water partition coefficient (Wildman–Crippen LogP) is 2.67. The average molecular weight is 195 g/mol. The van der Waals surface area contributed by atoms with E-state index in [0.717, 1.165) is 0 Å². The zero-order chi connectivity index (χ0) is 11.3. The van der Waals surface area contributed by atoms with Crippen LogP contribution in [0.25, 0.3) is 0 Å². The molecule has 0 aliphatic heterocycles. The van der Waals surface area contributed by atoms with E-state index in [2.05, 4.69) is 26.1 Å². The first kappa shape index (κ1) is 12.9. The van der Waals surface area contributed by atoms with Crippen molar-refractivity contribution >= 4 is 5.91 Å². The summed E-state index contributed by atoms with van der Waals surface area (Å²) < 4.78 is 0. The Morgan fingerprint density at radius 2 is 1.71 bits per heavy atom. The Morgan fingerprint density at radius 3 is 2.07 bits per heavy atom. The molecule has 0 unspecified atom stereocenters. The van der Waals surface area contributed by atoms with Crippen LogP contribution in [0.2, 0.25) is 0 Å². The standard InChI is InChI=1S/C12H21NO/c1-8(2)11(5)9(3)7-10(4)12(14)13-6/h7,10H,1-6H3,(H,13,14)/b9-7+/t10-/m0/s1. The number of nitrogens with one attached hydrogen (secondary N) is 1. The molecule has 0 aliphatic carbocycles. The van der Waals surface area contributed by atoms with Crippen molar-refractivity contribution in [2.24, 2.45) is 5.92 Å². The normalized spacial score (nSPS) is 13.4. The summed E-state index contributed by atoms with van der Waals surface area (Å²) in [4.78, 5) is 11.3. The predicted molar refractivity (Wildman–Crippen MR) is 61.0 cm³/mol. The highest BCUT2D eigenvalue weighted by molar-refractivity contribution is 5.79. The first-order valence-corrected chi connectivity index (χ1v) is 4.94. The zero-order valence-corrected chi connectivity index (χ0v) is 10.1. The van der Waals surface area contributed by atoms with Crippen LogP contribution in [-0.2, 0) is 4.79 Å². The Bertz CT molecular complexity index is 270. The summed E-state index contributed by atoms with van der Waals surface area (Å²) in [5, 5.41) is 2.64. The van der Waals surface area contributed by atoms with Gasteiger partial charge in [-0.15, -0.1) is 0 Å². The molecule has 0 aromatic carbocycles. The van der Waals surface area contributed by atoms with Crippen molar-refractivity contribution in [3.05, 3.63) is 22.8 Å². The van der Waals surface area contributed by atoms with Crippen molar-refractivity contribution in [3.8, 4) is 0 Å². The molecule has 0 radical (unpaired) electrons. The van der Waals surface area contributed by atoms with Gasteiger partial charge < -0.3 is 5.32 Å². The largest absolute Gasteiger partial charge is 0.359 e. The van der Waals surface area contributed by atoms with Gasteiger partial charge >= 0.3 is 0 Å². The number of amides is 1. The smallest absolute Gasteiger partial charge is 0.226 e. The van der Waals surface area contributed by atoms with Crippen LogP contribution in [0.1, 0.15) is 34.6 Å². The number of rotatable bonds is 3. The third-order valence-corrected chi connectivity index (χ3v) is 2.50. The minimum Gasteiger partial charge on any atom is -0.359 e. The maximum absolute atomic E-state index is 11.3. The van der Waals surface area contributed by atoms with Crippen LogP contribution in [0, 0.1) is 5.92 Å². The van der Waals surface area contributed by atoms with Crippen LogP contribution < -0.4 is 5.32 Å². The highest BCUT2D eigenvalue weighted by atomic mass is 16.1. The molecule has 0 rings (SSSR count). The minimum absolute atomic E-state index is 0.0608. The molecule has 0 saturated heterocycles. The van der Waals surface area contributed by atoms with Crippen LogP contribution >= 0.6 is 0 Å². The van der Waals surface area contributed by atoms with Crippen molar-refractivity contribution in [3.63, 3.8) is 0 Å². The van der Waals surface area contributed by atoms with Crippen LogP contribution in [-0.4, -0.2) is 13.0 Å². The highest BCUT2D eigenvalue weighted by Gasteiger charge is 2.08. The van der Waals surface area contributed by atoms with E-state index in [4.69, 9.17) is 0 Å². The molecule has 0 aromatic heterocycles. The van der Waals surface area contributed by atoms with E-state index in [0.29, 0.717) is 0 Å². The lowest BCUT2D eigenvalue weighted by Gasteiger charge is -2.08. The van der Waals surface area contributed by atoms with E-state index in [1.165, 1.54) is 16.7 Å². The van der Waals surface area contributed by atoms with Crippen molar-refractivity contribution in [2.45, 2.75) is 34.6 Å². The molecule has 1 amide bonds. The monoisotopic (exact) mass is 195 g/mol. The van der Waals surface area contributed by atoms with Gasteiger partial charge in [-0.2, -0.15) is 0 Å². The summed E-state index contributed by atoms with van der Waals surface area (Å²) in [5.74, 6) is 0.000191. The summed E-state index contributed by atoms with van der Waals surface area (Å²) in [6.45, 7) is 10.2. The Kier molecular flexibility index (Phi) is 5.21. The minimum atomic E-state index is -0.0608. The lowest BCUT2D eigenvalue weighted by Crippen LogP contribution is -2.24. The van der Waals surface area contributed by atoms with E-state index in [-0.39, 0.29) is 11.8 Å². The van der Waals surface area contributed by atoms with Crippen molar-refractivity contribution in [1.29, 1.82) is 0 Å². The van der Waals surface area contributed by atoms with Crippen molar-refractivity contribution in [2.75, 3.05) is 7.05 Å². The quantitative estimate of drug-likeness (QED) is 0.689. The van der Waals surface area contributed by atoms with Gasteiger partial charge in [0.05, 0.1) is 5.92 Å². The molecule has 0 bridgehead atoms. The fourth-order valence-corrected chi connectivity index (χ4v) is 1.20. The maximum atomic E-state index is 11.3. The van der Waals surface area contributed by atoms with Crippen molar-refractivity contribution < 1.29 is 4.79 Å². The zero-order valence-electron chi connectivity index (χ0n) is 10.1. The number of allylic oxidation sites excluding steroid dienone is 3. The molecule has 0 fully saturated rings. The molecule has 2 nitrogen and oxygen atoms in total. The molecule has 0 heterocycles. The van der Waals surface area contributed by atoms with Gasteiger partial charge in [-0.25, -0.2) is 0 Å². The average Bonchev–Trinajstić information content (AvgIpc) is 2.14. The van der Waals surface area contributed by atoms with Gasteiger partial charge in [0, 0.05) is 7.05 Å². The summed E-state index contributed by atoms with van der Waals surface area (Å²) in [6, 6.07) is 0. The molecule has 0 aliphatic rings. The summed E-state index contributed by atoms with van der Waals surface area (Å²) in [7, 11) is 1.66. The van der Waals surface area contributed by atoms with Gasteiger partial charge in [0.2, 0.25) is 5.91 Å². The summed E-state index contributed by atoms with van der Waals surface area (Å²) >= 11 is 0. The Balaban J connectivity index is 4.69. The molecule has 14 heavy (non-hydrogen) atoms. The number of carbonyl (C=O) groups excluding carboxylic acids is 1. The summed E-state index contributed by atoms with van der Waals surface area (Å²) in [6.07, 6.45) is 2.00. The van der Waals surface area contributed by atoms with E-state index < -0.39 is 0 Å². The van der Waals surface area contributed by atoms with Crippen LogP contribution in [0.5, 0.6) is 0 Å². The fraction of sp³-hybridized carbons (Fsp3) is 0.583.